The van der Waals surface area contributed by atoms with Crippen LogP contribution in [0.3, 0.4) is 0 Å². The van der Waals surface area contributed by atoms with Crippen molar-refractivity contribution in [1.82, 2.24) is 0 Å². The lowest BCUT2D eigenvalue weighted by Gasteiger charge is -2.05. The van der Waals surface area contributed by atoms with E-state index in [9.17, 15) is 4.39 Å². The average molecular weight is 179 g/mol. The summed E-state index contributed by atoms with van der Waals surface area (Å²) in [7, 11) is 0. The fourth-order valence-corrected chi connectivity index (χ4v) is 1.40. The molecule has 1 unspecified atom stereocenters. The molecule has 1 atom stereocenters. The van der Waals surface area contributed by atoms with Gasteiger partial charge in [-0.05, 0) is 6.07 Å². The highest BCUT2D eigenvalue weighted by Crippen LogP contribution is 2.24. The molecule has 13 heavy (non-hydrogen) atoms. The van der Waals surface area contributed by atoms with Crippen LogP contribution in [0.25, 0.3) is 0 Å². The molecule has 0 radical (unpaired) electrons. The van der Waals surface area contributed by atoms with E-state index in [1.807, 2.05) is 6.07 Å². The molecule has 0 N–H and O–H groups in total. The Morgan fingerprint density at radius 3 is 2.85 bits per heavy atom. The quantitative estimate of drug-likeness (QED) is 0.648. The molecule has 1 heterocycles. The van der Waals surface area contributed by atoms with Gasteiger partial charge in [-0.15, -0.1) is 0 Å². The van der Waals surface area contributed by atoms with Gasteiger partial charge in [0.2, 0.25) is 0 Å². The molecule has 0 saturated carbocycles. The smallest absolute Gasteiger partial charge is 0.180 e. The van der Waals surface area contributed by atoms with Crippen LogP contribution in [0.5, 0.6) is 0 Å². The number of benzene rings is 1. The molecule has 0 amide bonds. The van der Waals surface area contributed by atoms with Crippen molar-refractivity contribution in [3.05, 3.63) is 35.6 Å². The third-order valence-electron chi connectivity index (χ3n) is 2.05. The summed E-state index contributed by atoms with van der Waals surface area (Å²) in [6.45, 7) is 2.23. The minimum absolute atomic E-state index is 0.166. The third-order valence-corrected chi connectivity index (χ3v) is 2.05. The van der Waals surface area contributed by atoms with Crippen molar-refractivity contribution in [3.8, 4) is 0 Å². The zero-order valence-electron chi connectivity index (χ0n) is 7.33. The van der Waals surface area contributed by atoms with E-state index in [0.29, 0.717) is 18.1 Å². The first-order chi connectivity index (χ1) is 6.27. The highest BCUT2D eigenvalue weighted by Gasteiger charge is 2.20. The monoisotopic (exact) mass is 179 g/mol. The lowest BCUT2D eigenvalue weighted by molar-refractivity contribution is 0.314. The van der Waals surface area contributed by atoms with Gasteiger partial charge >= 0.3 is 0 Å². The maximum Gasteiger partial charge on any atom is 0.180 e. The molecule has 0 saturated heterocycles. The van der Waals surface area contributed by atoms with E-state index in [4.69, 9.17) is 4.74 Å². The summed E-state index contributed by atoms with van der Waals surface area (Å²) in [4.78, 5) is 4.17. The van der Waals surface area contributed by atoms with Crippen LogP contribution < -0.4 is 0 Å². The predicted octanol–water partition coefficient (Wildman–Crippen LogP) is 2.32. The Morgan fingerprint density at radius 1 is 1.46 bits per heavy atom. The van der Waals surface area contributed by atoms with E-state index in [-0.39, 0.29) is 11.9 Å². The molecular weight excluding hydrogens is 169 g/mol. The molecule has 0 aliphatic carbocycles. The zero-order chi connectivity index (χ0) is 9.26. The highest BCUT2D eigenvalue weighted by atomic mass is 19.1. The summed E-state index contributed by atoms with van der Waals surface area (Å²) < 4.78 is 18.4. The van der Waals surface area contributed by atoms with Crippen LogP contribution in [0.4, 0.5) is 4.39 Å². The molecule has 1 aliphatic rings. The van der Waals surface area contributed by atoms with Crippen LogP contribution in [-0.2, 0) is 4.74 Å². The SMILES string of the molecule is CC1=NC(c2ccccc2F)CO1. The number of hydrogen-bond acceptors (Lipinski definition) is 2. The molecule has 1 aromatic carbocycles. The van der Waals surface area contributed by atoms with E-state index >= 15 is 0 Å². The van der Waals surface area contributed by atoms with E-state index in [0.717, 1.165) is 0 Å². The van der Waals surface area contributed by atoms with E-state index in [2.05, 4.69) is 4.99 Å². The Hall–Kier alpha value is -1.38. The van der Waals surface area contributed by atoms with Crippen LogP contribution >= 0.6 is 0 Å². The van der Waals surface area contributed by atoms with Crippen LogP contribution in [-0.4, -0.2) is 12.5 Å². The number of rotatable bonds is 1. The first kappa shape index (κ1) is 8.23. The number of nitrogens with zero attached hydrogens (tertiary/aromatic N) is 1. The maximum absolute atomic E-state index is 13.2. The Labute approximate surface area is 76.1 Å². The van der Waals surface area contributed by atoms with E-state index in [1.54, 1.807) is 19.1 Å². The third kappa shape index (κ3) is 1.54. The second-order valence-electron chi connectivity index (χ2n) is 3.00. The molecule has 2 nitrogen and oxygen atoms in total. The normalized spacial score (nSPS) is 21.1. The van der Waals surface area contributed by atoms with Crippen LogP contribution in [0.2, 0.25) is 0 Å². The first-order valence-electron chi connectivity index (χ1n) is 4.19. The lowest BCUT2D eigenvalue weighted by Crippen LogP contribution is -2.00. The van der Waals surface area contributed by atoms with Crippen molar-refractivity contribution >= 4 is 5.90 Å². The van der Waals surface area contributed by atoms with Gasteiger partial charge in [0.15, 0.2) is 5.90 Å². The predicted molar refractivity (Wildman–Crippen MR) is 48.2 cm³/mol. The number of ether oxygens (including phenoxy) is 1. The number of hydrogen-bond donors (Lipinski definition) is 0. The fraction of sp³-hybridized carbons (Fsp3) is 0.300. The molecule has 0 fully saturated rings. The van der Waals surface area contributed by atoms with Crippen molar-refractivity contribution < 1.29 is 9.13 Å². The molecule has 0 aromatic heterocycles. The lowest BCUT2D eigenvalue weighted by atomic mass is 10.1. The maximum atomic E-state index is 13.2. The Balaban J connectivity index is 2.31. The van der Waals surface area contributed by atoms with Gasteiger partial charge in [0.25, 0.3) is 0 Å². The van der Waals surface area contributed by atoms with Crippen molar-refractivity contribution in [2.24, 2.45) is 4.99 Å². The Morgan fingerprint density at radius 2 is 2.23 bits per heavy atom. The summed E-state index contributed by atoms with van der Waals surface area (Å²) in [6, 6.07) is 6.50. The Bertz CT molecular complexity index is 349. The van der Waals surface area contributed by atoms with Crippen molar-refractivity contribution in [2.45, 2.75) is 13.0 Å². The van der Waals surface area contributed by atoms with Gasteiger partial charge in [0.05, 0.1) is 0 Å². The summed E-state index contributed by atoms with van der Waals surface area (Å²) in [6.07, 6.45) is 0. The van der Waals surface area contributed by atoms with Crippen molar-refractivity contribution in [1.29, 1.82) is 0 Å². The van der Waals surface area contributed by atoms with Gasteiger partial charge < -0.3 is 4.74 Å². The summed E-state index contributed by atoms with van der Waals surface area (Å²) in [5, 5.41) is 0. The minimum Gasteiger partial charge on any atom is -0.479 e. The van der Waals surface area contributed by atoms with Gasteiger partial charge in [-0.2, -0.15) is 0 Å². The van der Waals surface area contributed by atoms with Crippen LogP contribution in [0, 0.1) is 5.82 Å². The highest BCUT2D eigenvalue weighted by molar-refractivity contribution is 5.75. The largest absolute Gasteiger partial charge is 0.479 e. The summed E-state index contributed by atoms with van der Waals surface area (Å²) >= 11 is 0. The van der Waals surface area contributed by atoms with Crippen LogP contribution in [0.1, 0.15) is 18.5 Å². The fourth-order valence-electron chi connectivity index (χ4n) is 1.40. The van der Waals surface area contributed by atoms with Gasteiger partial charge in [0.1, 0.15) is 18.5 Å². The molecule has 68 valence electrons. The Kier molecular flexibility index (Phi) is 2.00. The molecule has 2 rings (SSSR count). The molecule has 3 heteroatoms. The number of aliphatic imine (C=N–C) groups is 1. The number of halogens is 1. The van der Waals surface area contributed by atoms with Crippen molar-refractivity contribution in [2.75, 3.05) is 6.61 Å². The van der Waals surface area contributed by atoms with Gasteiger partial charge in [0, 0.05) is 12.5 Å². The molecule has 1 aromatic rings. The summed E-state index contributed by atoms with van der Waals surface area (Å²) in [5.41, 5.74) is 0.611. The second kappa shape index (κ2) is 3.17. The molecule has 0 bridgehead atoms. The van der Waals surface area contributed by atoms with E-state index in [1.165, 1.54) is 6.07 Å². The summed E-state index contributed by atoms with van der Waals surface area (Å²) in [5.74, 6) is 0.419. The first-order valence-corrected chi connectivity index (χ1v) is 4.19. The zero-order valence-corrected chi connectivity index (χ0v) is 7.33. The van der Waals surface area contributed by atoms with Crippen molar-refractivity contribution in [3.63, 3.8) is 0 Å². The average Bonchev–Trinajstić information content (AvgIpc) is 2.53. The second-order valence-corrected chi connectivity index (χ2v) is 3.00. The minimum atomic E-state index is -0.213. The topological polar surface area (TPSA) is 21.6 Å². The van der Waals surface area contributed by atoms with Crippen LogP contribution in [0.15, 0.2) is 29.3 Å². The molecule has 1 aliphatic heterocycles. The van der Waals surface area contributed by atoms with Gasteiger partial charge in [-0.25, -0.2) is 9.38 Å². The molecular formula is C10H10FNO. The standard InChI is InChI=1S/C10H10FNO/c1-7-12-10(6-13-7)8-4-2-3-5-9(8)11/h2-5,10H,6H2,1H3. The van der Waals surface area contributed by atoms with E-state index < -0.39 is 0 Å². The van der Waals surface area contributed by atoms with Gasteiger partial charge in [-0.1, -0.05) is 18.2 Å². The van der Waals surface area contributed by atoms with Gasteiger partial charge in [-0.3, -0.25) is 0 Å². The molecule has 0 spiro atoms.